The lowest BCUT2D eigenvalue weighted by atomic mass is 10.2. The standard InChI is InChI=1S/C14H21NO4/c1-3-11(10-18-2)15-8-9-19-13-7-5-4-6-12(13)14(16)17/h4-7,11,15H,3,8-10H2,1-2H3,(H,16,17). The van der Waals surface area contributed by atoms with Gasteiger partial charge < -0.3 is 19.9 Å². The summed E-state index contributed by atoms with van der Waals surface area (Å²) in [6.45, 7) is 3.81. The van der Waals surface area contributed by atoms with E-state index in [4.69, 9.17) is 14.6 Å². The number of para-hydroxylation sites is 1. The van der Waals surface area contributed by atoms with E-state index in [0.29, 0.717) is 31.5 Å². The molecule has 5 heteroatoms. The molecule has 0 radical (unpaired) electrons. The third-order valence-corrected chi connectivity index (χ3v) is 2.77. The second-order valence-electron chi connectivity index (χ2n) is 4.16. The maximum absolute atomic E-state index is 11.0. The zero-order valence-electron chi connectivity index (χ0n) is 11.4. The Hall–Kier alpha value is -1.59. The van der Waals surface area contributed by atoms with Crippen LogP contribution in [-0.4, -0.2) is 44.0 Å². The largest absolute Gasteiger partial charge is 0.491 e. The first-order valence-electron chi connectivity index (χ1n) is 6.36. The SMILES string of the molecule is CCC(COC)NCCOc1ccccc1C(=O)O. The van der Waals surface area contributed by atoms with Gasteiger partial charge in [0.1, 0.15) is 17.9 Å². The van der Waals surface area contributed by atoms with Crippen LogP contribution < -0.4 is 10.1 Å². The fraction of sp³-hybridized carbons (Fsp3) is 0.500. The summed E-state index contributed by atoms with van der Waals surface area (Å²) in [5, 5.41) is 12.3. The number of hydrogen-bond acceptors (Lipinski definition) is 4. The first-order chi connectivity index (χ1) is 9.19. The van der Waals surface area contributed by atoms with Crippen LogP contribution in [0.2, 0.25) is 0 Å². The lowest BCUT2D eigenvalue weighted by Crippen LogP contribution is -2.35. The van der Waals surface area contributed by atoms with Crippen molar-refractivity contribution in [1.82, 2.24) is 5.32 Å². The number of aromatic carboxylic acids is 1. The highest BCUT2D eigenvalue weighted by Gasteiger charge is 2.10. The molecule has 0 aliphatic carbocycles. The first-order valence-corrected chi connectivity index (χ1v) is 6.36. The van der Waals surface area contributed by atoms with E-state index >= 15 is 0 Å². The molecule has 0 fully saturated rings. The number of ether oxygens (including phenoxy) is 2. The van der Waals surface area contributed by atoms with Gasteiger partial charge in [0, 0.05) is 19.7 Å². The van der Waals surface area contributed by atoms with Gasteiger partial charge in [0.05, 0.1) is 6.61 Å². The predicted octanol–water partition coefficient (Wildman–Crippen LogP) is 1.78. The Kier molecular flexibility index (Phi) is 6.92. The van der Waals surface area contributed by atoms with Crippen molar-refractivity contribution in [2.75, 3.05) is 26.9 Å². The lowest BCUT2D eigenvalue weighted by Gasteiger charge is -2.16. The van der Waals surface area contributed by atoms with Crippen LogP contribution in [0.5, 0.6) is 5.75 Å². The molecule has 1 rings (SSSR count). The van der Waals surface area contributed by atoms with Crippen LogP contribution in [0.3, 0.4) is 0 Å². The average Bonchev–Trinajstić information content (AvgIpc) is 2.42. The van der Waals surface area contributed by atoms with Crippen molar-refractivity contribution in [1.29, 1.82) is 0 Å². The van der Waals surface area contributed by atoms with Crippen LogP contribution in [0.25, 0.3) is 0 Å². The smallest absolute Gasteiger partial charge is 0.339 e. The van der Waals surface area contributed by atoms with Gasteiger partial charge in [-0.05, 0) is 18.6 Å². The van der Waals surface area contributed by atoms with E-state index in [0.717, 1.165) is 6.42 Å². The van der Waals surface area contributed by atoms with Crippen LogP contribution in [-0.2, 0) is 4.74 Å². The van der Waals surface area contributed by atoms with E-state index in [1.54, 1.807) is 25.3 Å². The molecule has 1 aromatic rings. The van der Waals surface area contributed by atoms with Gasteiger partial charge in [-0.1, -0.05) is 19.1 Å². The van der Waals surface area contributed by atoms with Crippen molar-refractivity contribution in [2.24, 2.45) is 0 Å². The Morgan fingerprint density at radius 1 is 1.42 bits per heavy atom. The number of rotatable bonds is 9. The lowest BCUT2D eigenvalue weighted by molar-refractivity contribution is 0.0692. The number of hydrogen-bond donors (Lipinski definition) is 2. The average molecular weight is 267 g/mol. The number of carbonyl (C=O) groups is 1. The number of carboxylic acids is 1. The van der Waals surface area contributed by atoms with Gasteiger partial charge in [-0.25, -0.2) is 4.79 Å². The molecule has 0 bridgehead atoms. The fourth-order valence-electron chi connectivity index (χ4n) is 1.72. The van der Waals surface area contributed by atoms with Crippen molar-refractivity contribution in [3.8, 4) is 5.75 Å². The van der Waals surface area contributed by atoms with E-state index in [-0.39, 0.29) is 5.56 Å². The number of methoxy groups -OCH3 is 1. The number of benzene rings is 1. The first kappa shape index (κ1) is 15.5. The second kappa shape index (κ2) is 8.50. The summed E-state index contributed by atoms with van der Waals surface area (Å²) in [6.07, 6.45) is 0.972. The summed E-state index contributed by atoms with van der Waals surface area (Å²) in [6, 6.07) is 6.93. The minimum absolute atomic E-state index is 0.187. The van der Waals surface area contributed by atoms with E-state index in [9.17, 15) is 4.79 Å². The van der Waals surface area contributed by atoms with Gasteiger partial charge in [-0.15, -0.1) is 0 Å². The van der Waals surface area contributed by atoms with Crippen LogP contribution in [0.4, 0.5) is 0 Å². The van der Waals surface area contributed by atoms with Crippen LogP contribution >= 0.6 is 0 Å². The maximum Gasteiger partial charge on any atom is 0.339 e. The molecule has 1 atom stereocenters. The van der Waals surface area contributed by atoms with E-state index in [1.165, 1.54) is 6.07 Å². The molecule has 1 unspecified atom stereocenters. The molecular formula is C14H21NO4. The quantitative estimate of drug-likeness (QED) is 0.667. The van der Waals surface area contributed by atoms with Crippen molar-refractivity contribution >= 4 is 5.97 Å². The maximum atomic E-state index is 11.0. The molecule has 0 aliphatic rings. The summed E-state index contributed by atoms with van der Waals surface area (Å²) in [5.74, 6) is -0.578. The second-order valence-corrected chi connectivity index (χ2v) is 4.16. The Labute approximate surface area is 113 Å². The molecule has 0 saturated heterocycles. The highest BCUT2D eigenvalue weighted by molar-refractivity contribution is 5.90. The van der Waals surface area contributed by atoms with Crippen molar-refractivity contribution in [3.63, 3.8) is 0 Å². The van der Waals surface area contributed by atoms with Crippen molar-refractivity contribution in [3.05, 3.63) is 29.8 Å². The van der Waals surface area contributed by atoms with Gasteiger partial charge >= 0.3 is 5.97 Å². The summed E-state index contributed by atoms with van der Waals surface area (Å²) in [4.78, 5) is 11.0. The number of carboxylic acid groups (broad SMARTS) is 1. The molecule has 2 N–H and O–H groups in total. The zero-order valence-corrected chi connectivity index (χ0v) is 11.4. The topological polar surface area (TPSA) is 67.8 Å². The monoisotopic (exact) mass is 267 g/mol. The van der Waals surface area contributed by atoms with Gasteiger partial charge in [0.15, 0.2) is 0 Å². The molecule has 0 aliphatic heterocycles. The van der Waals surface area contributed by atoms with Gasteiger partial charge in [-0.2, -0.15) is 0 Å². The van der Waals surface area contributed by atoms with Crippen LogP contribution in [0.15, 0.2) is 24.3 Å². The molecule has 0 saturated carbocycles. The van der Waals surface area contributed by atoms with E-state index in [2.05, 4.69) is 12.2 Å². The molecule has 5 nitrogen and oxygen atoms in total. The summed E-state index contributed by atoms with van der Waals surface area (Å²) in [5.41, 5.74) is 0.187. The summed E-state index contributed by atoms with van der Waals surface area (Å²) < 4.78 is 10.6. The van der Waals surface area contributed by atoms with Gasteiger partial charge in [-0.3, -0.25) is 0 Å². The van der Waals surface area contributed by atoms with Gasteiger partial charge in [0.25, 0.3) is 0 Å². The highest BCUT2D eigenvalue weighted by atomic mass is 16.5. The predicted molar refractivity (Wildman–Crippen MR) is 72.9 cm³/mol. The summed E-state index contributed by atoms with van der Waals surface area (Å²) >= 11 is 0. The normalized spacial score (nSPS) is 12.1. The van der Waals surface area contributed by atoms with E-state index in [1.807, 2.05) is 0 Å². The Balaban J connectivity index is 2.39. The minimum atomic E-state index is -0.977. The molecule has 0 heterocycles. The third kappa shape index (κ3) is 5.28. The zero-order chi connectivity index (χ0) is 14.1. The van der Waals surface area contributed by atoms with Gasteiger partial charge in [0.2, 0.25) is 0 Å². The molecule has 0 spiro atoms. The molecule has 0 aromatic heterocycles. The minimum Gasteiger partial charge on any atom is -0.491 e. The Morgan fingerprint density at radius 3 is 2.79 bits per heavy atom. The molecule has 0 amide bonds. The number of nitrogens with one attached hydrogen (secondary N) is 1. The van der Waals surface area contributed by atoms with E-state index < -0.39 is 5.97 Å². The Bertz CT molecular complexity index is 395. The molecule has 106 valence electrons. The molecular weight excluding hydrogens is 246 g/mol. The highest BCUT2D eigenvalue weighted by Crippen LogP contribution is 2.17. The molecule has 1 aromatic carbocycles. The third-order valence-electron chi connectivity index (χ3n) is 2.77. The van der Waals surface area contributed by atoms with Crippen molar-refractivity contribution < 1.29 is 19.4 Å². The Morgan fingerprint density at radius 2 is 2.16 bits per heavy atom. The van der Waals surface area contributed by atoms with Crippen LogP contribution in [0.1, 0.15) is 23.7 Å². The van der Waals surface area contributed by atoms with Crippen molar-refractivity contribution in [2.45, 2.75) is 19.4 Å². The van der Waals surface area contributed by atoms with Crippen LogP contribution in [0, 0.1) is 0 Å². The summed E-state index contributed by atoms with van der Waals surface area (Å²) in [7, 11) is 1.67. The molecule has 19 heavy (non-hydrogen) atoms. The fourth-order valence-corrected chi connectivity index (χ4v) is 1.72.